The van der Waals surface area contributed by atoms with Crippen LogP contribution in [-0.2, 0) is 0 Å². The van der Waals surface area contributed by atoms with Crippen molar-refractivity contribution >= 4 is 21.5 Å². The van der Waals surface area contributed by atoms with Gasteiger partial charge in [-0.1, -0.05) is 0 Å². The first-order chi connectivity index (χ1) is 7.74. The highest BCUT2D eigenvalue weighted by atomic mass is 32.1. The highest BCUT2D eigenvalue weighted by Crippen LogP contribution is 2.46. The van der Waals surface area contributed by atoms with Crippen molar-refractivity contribution in [1.82, 2.24) is 4.98 Å². The van der Waals surface area contributed by atoms with Crippen molar-refractivity contribution in [2.75, 3.05) is 5.32 Å². The summed E-state index contributed by atoms with van der Waals surface area (Å²) in [6.45, 7) is 0. The van der Waals surface area contributed by atoms with Gasteiger partial charge >= 0.3 is 5.00 Å². The topological polar surface area (TPSA) is 68.1 Å². The van der Waals surface area contributed by atoms with E-state index < -0.39 is 0 Å². The van der Waals surface area contributed by atoms with Crippen molar-refractivity contribution in [3.63, 3.8) is 0 Å². The van der Waals surface area contributed by atoms with Gasteiger partial charge in [0.25, 0.3) is 0 Å². The van der Waals surface area contributed by atoms with E-state index in [4.69, 9.17) is 0 Å². The van der Waals surface area contributed by atoms with Crippen LogP contribution in [0.4, 0.5) is 10.1 Å². The van der Waals surface area contributed by atoms with Gasteiger partial charge in [-0.2, -0.15) is 0 Å². The largest absolute Gasteiger partial charge is 0.358 e. The van der Waals surface area contributed by atoms with Crippen LogP contribution in [-0.4, -0.2) is 15.9 Å². The van der Waals surface area contributed by atoms with Crippen LogP contribution in [0.2, 0.25) is 0 Å². The molecule has 3 rings (SSSR count). The second-order valence-corrected chi connectivity index (χ2v) is 5.61. The average Bonchev–Trinajstić information content (AvgIpc) is 3.15. The Balaban J connectivity index is 1.69. The fourth-order valence-electron chi connectivity index (χ4n) is 2.09. The molecule has 0 amide bonds. The van der Waals surface area contributed by atoms with Gasteiger partial charge in [0.15, 0.2) is 5.13 Å². The van der Waals surface area contributed by atoms with Crippen molar-refractivity contribution in [2.24, 2.45) is 11.8 Å². The highest BCUT2D eigenvalue weighted by molar-refractivity contribution is 7.18. The molecule has 2 fully saturated rings. The molecular formula is C10H13N3O2S. The zero-order valence-corrected chi connectivity index (χ0v) is 9.57. The quantitative estimate of drug-likeness (QED) is 0.633. The van der Waals surface area contributed by atoms with Crippen LogP contribution in [0.3, 0.4) is 0 Å². The number of aromatic nitrogens is 1. The van der Waals surface area contributed by atoms with Crippen LogP contribution in [0.25, 0.3) is 0 Å². The molecule has 0 unspecified atom stereocenters. The summed E-state index contributed by atoms with van der Waals surface area (Å²) in [5.41, 5.74) is 0. The first-order valence-corrected chi connectivity index (χ1v) is 6.42. The van der Waals surface area contributed by atoms with E-state index in [0.29, 0.717) is 11.2 Å². The number of hydrogen-bond donors (Lipinski definition) is 1. The predicted octanol–water partition coefficient (Wildman–Crippen LogP) is 2.65. The summed E-state index contributed by atoms with van der Waals surface area (Å²) in [6, 6.07) is 0.505. The molecule has 2 aliphatic rings. The van der Waals surface area contributed by atoms with Crippen molar-refractivity contribution < 1.29 is 4.92 Å². The second kappa shape index (κ2) is 3.69. The van der Waals surface area contributed by atoms with E-state index in [2.05, 4.69) is 10.3 Å². The summed E-state index contributed by atoms with van der Waals surface area (Å²) in [7, 11) is 0. The minimum atomic E-state index is -0.383. The Labute approximate surface area is 97.0 Å². The molecular weight excluding hydrogens is 226 g/mol. The molecule has 1 aromatic heterocycles. The molecule has 1 N–H and O–H groups in total. The number of nitrogens with one attached hydrogen (secondary N) is 1. The molecule has 16 heavy (non-hydrogen) atoms. The van der Waals surface area contributed by atoms with E-state index in [9.17, 15) is 10.1 Å². The van der Waals surface area contributed by atoms with Crippen molar-refractivity contribution in [1.29, 1.82) is 0 Å². The number of anilines is 1. The molecule has 1 aromatic rings. The molecule has 86 valence electrons. The Bertz CT molecular complexity index is 400. The molecule has 0 aromatic carbocycles. The molecule has 1 heterocycles. The molecule has 6 heteroatoms. The Morgan fingerprint density at radius 2 is 2.06 bits per heavy atom. The molecule has 5 nitrogen and oxygen atoms in total. The molecule has 0 spiro atoms. The van der Waals surface area contributed by atoms with Crippen LogP contribution >= 0.6 is 11.3 Å². The van der Waals surface area contributed by atoms with Gasteiger partial charge in [-0.25, -0.2) is 4.98 Å². The van der Waals surface area contributed by atoms with Gasteiger partial charge in [0.2, 0.25) is 0 Å². The smallest absolute Gasteiger partial charge is 0.345 e. The summed E-state index contributed by atoms with van der Waals surface area (Å²) >= 11 is 1.14. The van der Waals surface area contributed by atoms with Crippen LogP contribution < -0.4 is 5.32 Å². The van der Waals surface area contributed by atoms with E-state index in [1.54, 1.807) is 0 Å². The van der Waals surface area contributed by atoms with Gasteiger partial charge in [0.05, 0.1) is 4.92 Å². The van der Waals surface area contributed by atoms with Crippen LogP contribution in [0.1, 0.15) is 25.7 Å². The molecule has 0 bridgehead atoms. The molecule has 0 atom stereocenters. The SMILES string of the molecule is O=[N+]([O-])c1cnc(NC(C2CC2)C2CC2)s1. The number of rotatable bonds is 5. The predicted molar refractivity (Wildman–Crippen MR) is 61.6 cm³/mol. The molecule has 0 radical (unpaired) electrons. The zero-order valence-electron chi connectivity index (χ0n) is 8.76. The Morgan fingerprint density at radius 3 is 2.50 bits per heavy atom. The Hall–Kier alpha value is -1.17. The number of nitro groups is 1. The maximum atomic E-state index is 10.5. The minimum Gasteiger partial charge on any atom is -0.358 e. The van der Waals surface area contributed by atoms with E-state index in [1.165, 1.54) is 31.9 Å². The van der Waals surface area contributed by atoms with Crippen LogP contribution in [0.5, 0.6) is 0 Å². The van der Waals surface area contributed by atoms with Gasteiger partial charge in [0.1, 0.15) is 6.20 Å². The monoisotopic (exact) mass is 239 g/mol. The third-order valence-electron chi connectivity index (χ3n) is 3.22. The lowest BCUT2D eigenvalue weighted by Gasteiger charge is -2.16. The molecule has 0 saturated heterocycles. The summed E-state index contributed by atoms with van der Waals surface area (Å²) in [4.78, 5) is 14.2. The first kappa shape index (κ1) is 10.0. The molecule has 2 saturated carbocycles. The van der Waals surface area contributed by atoms with Crippen LogP contribution in [0.15, 0.2) is 6.20 Å². The summed E-state index contributed by atoms with van der Waals surface area (Å²) in [5, 5.41) is 14.7. The molecule has 2 aliphatic carbocycles. The van der Waals surface area contributed by atoms with Gasteiger partial charge in [-0.05, 0) is 48.9 Å². The lowest BCUT2D eigenvalue weighted by Crippen LogP contribution is -2.23. The van der Waals surface area contributed by atoms with Gasteiger partial charge < -0.3 is 5.32 Å². The lowest BCUT2D eigenvalue weighted by molar-refractivity contribution is -0.380. The first-order valence-electron chi connectivity index (χ1n) is 5.61. The fourth-order valence-corrected chi connectivity index (χ4v) is 2.77. The summed E-state index contributed by atoms with van der Waals surface area (Å²) < 4.78 is 0. The van der Waals surface area contributed by atoms with Crippen molar-refractivity contribution in [2.45, 2.75) is 31.7 Å². The second-order valence-electron chi connectivity index (χ2n) is 4.61. The van der Waals surface area contributed by atoms with Crippen LogP contribution in [0, 0.1) is 22.0 Å². The fraction of sp³-hybridized carbons (Fsp3) is 0.700. The third-order valence-corrected chi connectivity index (χ3v) is 4.10. The Kier molecular flexibility index (Phi) is 2.31. The minimum absolute atomic E-state index is 0.118. The maximum absolute atomic E-state index is 10.5. The van der Waals surface area contributed by atoms with E-state index in [0.717, 1.165) is 23.2 Å². The van der Waals surface area contributed by atoms with Gasteiger partial charge in [-0.3, -0.25) is 10.1 Å². The number of thiazole rings is 1. The standard InChI is InChI=1S/C10H13N3O2S/c14-13(15)8-5-11-10(16-8)12-9(6-1-2-6)7-3-4-7/h5-7,9H,1-4H2,(H,11,12). The number of hydrogen-bond acceptors (Lipinski definition) is 5. The van der Waals surface area contributed by atoms with Crippen molar-refractivity contribution in [3.8, 4) is 0 Å². The van der Waals surface area contributed by atoms with E-state index in [-0.39, 0.29) is 9.92 Å². The van der Waals surface area contributed by atoms with E-state index >= 15 is 0 Å². The van der Waals surface area contributed by atoms with Crippen molar-refractivity contribution in [3.05, 3.63) is 16.3 Å². The lowest BCUT2D eigenvalue weighted by atomic mass is 10.1. The Morgan fingerprint density at radius 1 is 1.44 bits per heavy atom. The average molecular weight is 239 g/mol. The highest BCUT2D eigenvalue weighted by Gasteiger charge is 2.41. The van der Waals surface area contributed by atoms with Gasteiger partial charge in [-0.15, -0.1) is 0 Å². The van der Waals surface area contributed by atoms with E-state index in [1.807, 2.05) is 0 Å². The van der Waals surface area contributed by atoms with Gasteiger partial charge in [0, 0.05) is 6.04 Å². The third kappa shape index (κ3) is 2.02. The maximum Gasteiger partial charge on any atom is 0.345 e. The normalized spacial score (nSPS) is 20.1. The summed E-state index contributed by atoms with van der Waals surface area (Å²) in [5.74, 6) is 1.55. The summed E-state index contributed by atoms with van der Waals surface area (Å²) in [6.07, 6.45) is 6.51. The zero-order chi connectivity index (χ0) is 11.1. The molecule has 0 aliphatic heterocycles. The number of nitrogens with zero attached hydrogens (tertiary/aromatic N) is 2.